The number of nitrogens with zero attached hydrogens (tertiary/aromatic N) is 3. The molecule has 0 aliphatic heterocycles. The molecule has 0 unspecified atom stereocenters. The topological polar surface area (TPSA) is 81.0 Å². The van der Waals surface area contributed by atoms with Crippen molar-refractivity contribution in [1.82, 2.24) is 9.97 Å². The predicted octanol–water partition coefficient (Wildman–Crippen LogP) is 3.80. The second kappa shape index (κ2) is 6.82. The van der Waals surface area contributed by atoms with E-state index >= 15 is 0 Å². The number of halogens is 1. The molecule has 0 aliphatic carbocycles. The lowest BCUT2D eigenvalue weighted by atomic mass is 10.1. The first-order valence-corrected chi connectivity index (χ1v) is 7.18. The highest BCUT2D eigenvalue weighted by molar-refractivity contribution is 5.71. The highest BCUT2D eigenvalue weighted by Crippen LogP contribution is 2.26. The second-order valence-electron chi connectivity index (χ2n) is 5.01. The van der Waals surface area contributed by atoms with Crippen LogP contribution in [-0.2, 0) is 6.54 Å². The van der Waals surface area contributed by atoms with E-state index in [1.54, 1.807) is 30.3 Å². The molecule has 0 spiro atoms. The number of anilines is 1. The lowest BCUT2D eigenvalue weighted by Gasteiger charge is -2.10. The van der Waals surface area contributed by atoms with Crippen molar-refractivity contribution in [2.24, 2.45) is 0 Å². The van der Waals surface area contributed by atoms with E-state index in [0.717, 1.165) is 0 Å². The van der Waals surface area contributed by atoms with Gasteiger partial charge in [0.2, 0.25) is 0 Å². The molecule has 24 heavy (non-hydrogen) atoms. The molecule has 0 fully saturated rings. The summed E-state index contributed by atoms with van der Waals surface area (Å²) in [6.45, 7) is 0.307. The number of nitrogens with one attached hydrogen (secondary N) is 1. The molecule has 0 atom stereocenters. The minimum absolute atomic E-state index is 0.0165. The molecule has 0 amide bonds. The summed E-state index contributed by atoms with van der Waals surface area (Å²) in [7, 11) is 0. The van der Waals surface area contributed by atoms with E-state index in [0.29, 0.717) is 29.2 Å². The van der Waals surface area contributed by atoms with Crippen LogP contribution >= 0.6 is 0 Å². The van der Waals surface area contributed by atoms with Crippen LogP contribution in [0.5, 0.6) is 0 Å². The molecule has 0 saturated carbocycles. The molecule has 120 valence electrons. The van der Waals surface area contributed by atoms with Crippen LogP contribution in [-0.4, -0.2) is 14.9 Å². The Hall–Kier alpha value is -3.35. The lowest BCUT2D eigenvalue weighted by Crippen LogP contribution is -2.05. The van der Waals surface area contributed by atoms with Gasteiger partial charge in [-0.25, -0.2) is 9.37 Å². The van der Waals surface area contributed by atoms with Crippen molar-refractivity contribution in [2.75, 3.05) is 5.32 Å². The van der Waals surface area contributed by atoms with Gasteiger partial charge in [0, 0.05) is 36.6 Å². The van der Waals surface area contributed by atoms with Gasteiger partial charge in [-0.1, -0.05) is 24.3 Å². The standard InChI is InChI=1S/C17H13FN4O2/c18-15-7-2-1-6-14(15)16-17(20-9-8-19-16)21-11-12-4-3-5-13(10-12)22(23)24/h1-10H,11H2,(H,20,21). The molecule has 3 rings (SSSR count). The van der Waals surface area contributed by atoms with Gasteiger partial charge in [0.15, 0.2) is 5.82 Å². The number of nitro benzene ring substituents is 1. The summed E-state index contributed by atoms with van der Waals surface area (Å²) in [4.78, 5) is 18.8. The number of non-ortho nitro benzene ring substituents is 1. The Kier molecular flexibility index (Phi) is 4.42. The number of nitro groups is 1. The largest absolute Gasteiger partial charge is 0.364 e. The van der Waals surface area contributed by atoms with Crippen LogP contribution in [0, 0.1) is 15.9 Å². The SMILES string of the molecule is O=[N+]([O-])c1cccc(CNc2nccnc2-c2ccccc2F)c1. The van der Waals surface area contributed by atoms with Crippen molar-refractivity contribution in [3.63, 3.8) is 0 Å². The smallest absolute Gasteiger partial charge is 0.269 e. The minimum Gasteiger partial charge on any atom is -0.364 e. The van der Waals surface area contributed by atoms with Crippen molar-refractivity contribution in [3.05, 3.63) is 82.4 Å². The van der Waals surface area contributed by atoms with Gasteiger partial charge >= 0.3 is 0 Å². The molecule has 0 aliphatic rings. The highest BCUT2D eigenvalue weighted by atomic mass is 19.1. The Morgan fingerprint density at radius 2 is 1.88 bits per heavy atom. The van der Waals surface area contributed by atoms with Gasteiger partial charge in [0.25, 0.3) is 5.69 Å². The molecule has 0 bridgehead atoms. The molecule has 0 saturated heterocycles. The summed E-state index contributed by atoms with van der Waals surface area (Å²) in [5.74, 6) is 0.0190. The van der Waals surface area contributed by atoms with Gasteiger partial charge < -0.3 is 5.32 Å². The molecule has 3 aromatic rings. The van der Waals surface area contributed by atoms with Gasteiger partial charge in [-0.15, -0.1) is 0 Å². The number of hydrogen-bond donors (Lipinski definition) is 1. The Morgan fingerprint density at radius 3 is 2.67 bits per heavy atom. The summed E-state index contributed by atoms with van der Waals surface area (Å²) in [6, 6.07) is 12.6. The Morgan fingerprint density at radius 1 is 1.08 bits per heavy atom. The van der Waals surface area contributed by atoms with Crippen molar-refractivity contribution < 1.29 is 9.31 Å². The van der Waals surface area contributed by atoms with Crippen LogP contribution in [0.25, 0.3) is 11.3 Å². The number of benzene rings is 2. The van der Waals surface area contributed by atoms with E-state index in [1.807, 2.05) is 0 Å². The second-order valence-corrected chi connectivity index (χ2v) is 5.01. The Bertz CT molecular complexity index is 886. The Labute approximate surface area is 137 Å². The third-order valence-electron chi connectivity index (χ3n) is 3.41. The molecular weight excluding hydrogens is 311 g/mol. The van der Waals surface area contributed by atoms with Crippen LogP contribution in [0.3, 0.4) is 0 Å². The number of hydrogen-bond acceptors (Lipinski definition) is 5. The maximum absolute atomic E-state index is 14.0. The summed E-state index contributed by atoms with van der Waals surface area (Å²) < 4.78 is 14.0. The third kappa shape index (κ3) is 3.35. The fourth-order valence-corrected chi connectivity index (χ4v) is 2.28. The van der Waals surface area contributed by atoms with E-state index in [4.69, 9.17) is 0 Å². The minimum atomic E-state index is -0.448. The van der Waals surface area contributed by atoms with Gasteiger partial charge in [-0.2, -0.15) is 0 Å². The maximum Gasteiger partial charge on any atom is 0.269 e. The predicted molar refractivity (Wildman–Crippen MR) is 87.8 cm³/mol. The zero-order chi connectivity index (χ0) is 16.9. The molecule has 1 N–H and O–H groups in total. The Balaban J connectivity index is 1.86. The van der Waals surface area contributed by atoms with Crippen LogP contribution < -0.4 is 5.32 Å². The zero-order valence-corrected chi connectivity index (χ0v) is 12.5. The van der Waals surface area contributed by atoms with Gasteiger partial charge in [-0.3, -0.25) is 15.1 Å². The summed E-state index contributed by atoms with van der Waals surface area (Å²) in [5.41, 5.74) is 1.46. The molecule has 6 nitrogen and oxygen atoms in total. The molecule has 1 heterocycles. The summed E-state index contributed by atoms with van der Waals surface area (Å²) in [6.07, 6.45) is 2.99. The number of rotatable bonds is 5. The van der Waals surface area contributed by atoms with Crippen LogP contribution in [0.1, 0.15) is 5.56 Å². The van der Waals surface area contributed by atoms with Crippen molar-refractivity contribution >= 4 is 11.5 Å². The fourth-order valence-electron chi connectivity index (χ4n) is 2.28. The van der Waals surface area contributed by atoms with E-state index in [1.165, 1.54) is 30.6 Å². The van der Waals surface area contributed by atoms with E-state index < -0.39 is 10.7 Å². The molecular formula is C17H13FN4O2. The van der Waals surface area contributed by atoms with E-state index in [9.17, 15) is 14.5 Å². The molecule has 7 heteroatoms. The van der Waals surface area contributed by atoms with Crippen LogP contribution in [0.2, 0.25) is 0 Å². The molecule has 0 radical (unpaired) electrons. The average molecular weight is 324 g/mol. The molecule has 1 aromatic heterocycles. The van der Waals surface area contributed by atoms with Crippen molar-refractivity contribution in [1.29, 1.82) is 0 Å². The van der Waals surface area contributed by atoms with Gasteiger partial charge in [0.1, 0.15) is 11.5 Å². The highest BCUT2D eigenvalue weighted by Gasteiger charge is 2.12. The van der Waals surface area contributed by atoms with Crippen LogP contribution in [0.15, 0.2) is 60.9 Å². The average Bonchev–Trinajstić information content (AvgIpc) is 2.61. The summed E-state index contributed by atoms with van der Waals surface area (Å²) in [5, 5.41) is 13.9. The molecule has 2 aromatic carbocycles. The monoisotopic (exact) mass is 324 g/mol. The maximum atomic E-state index is 14.0. The number of aromatic nitrogens is 2. The third-order valence-corrected chi connectivity index (χ3v) is 3.41. The van der Waals surface area contributed by atoms with E-state index in [-0.39, 0.29) is 5.69 Å². The van der Waals surface area contributed by atoms with Crippen LogP contribution in [0.4, 0.5) is 15.9 Å². The van der Waals surface area contributed by atoms with Gasteiger partial charge in [0.05, 0.1) is 4.92 Å². The van der Waals surface area contributed by atoms with E-state index in [2.05, 4.69) is 15.3 Å². The van der Waals surface area contributed by atoms with Crippen molar-refractivity contribution in [2.45, 2.75) is 6.54 Å². The normalized spacial score (nSPS) is 10.4. The first-order chi connectivity index (χ1) is 11.6. The quantitative estimate of drug-likeness (QED) is 0.570. The van der Waals surface area contributed by atoms with Crippen molar-refractivity contribution in [3.8, 4) is 11.3 Å². The zero-order valence-electron chi connectivity index (χ0n) is 12.5. The summed E-state index contributed by atoms with van der Waals surface area (Å²) >= 11 is 0. The fraction of sp³-hybridized carbons (Fsp3) is 0.0588. The van der Waals surface area contributed by atoms with Gasteiger partial charge in [-0.05, 0) is 17.7 Å². The first-order valence-electron chi connectivity index (χ1n) is 7.18. The first kappa shape index (κ1) is 15.5. The lowest BCUT2D eigenvalue weighted by molar-refractivity contribution is -0.384.